The van der Waals surface area contributed by atoms with Crippen molar-refractivity contribution in [1.82, 2.24) is 5.32 Å². The molecule has 0 aliphatic rings. The van der Waals surface area contributed by atoms with Crippen molar-refractivity contribution < 1.29 is 0 Å². The molecule has 0 rings (SSSR count). The Labute approximate surface area is 112 Å². The van der Waals surface area contributed by atoms with Crippen molar-refractivity contribution in [3.63, 3.8) is 0 Å². The molecule has 0 aromatic rings. The lowest BCUT2D eigenvalue weighted by atomic mass is 10.0. The average molecular weight is 243 g/mol. The maximum absolute atomic E-state index is 3.97. The Morgan fingerprint density at radius 2 is 1.78 bits per heavy atom. The molecule has 0 aromatic heterocycles. The largest absolute Gasteiger partial charge is 0.393 e. The van der Waals surface area contributed by atoms with Crippen LogP contribution in [0.5, 0.6) is 0 Å². The fourth-order valence-corrected chi connectivity index (χ4v) is 1.25. The van der Waals surface area contributed by atoms with Gasteiger partial charge in [0.1, 0.15) is 0 Å². The molecular formula is C17H25N. The van der Waals surface area contributed by atoms with Gasteiger partial charge in [-0.25, -0.2) is 0 Å². The summed E-state index contributed by atoms with van der Waals surface area (Å²) in [5.74, 6) is 0. The maximum atomic E-state index is 3.97. The Balaban J connectivity index is 5.21. The van der Waals surface area contributed by atoms with Crippen LogP contribution in [-0.4, -0.2) is 7.05 Å². The minimum Gasteiger partial charge on any atom is -0.393 e. The number of allylic oxidation sites excluding steroid dienone is 9. The molecule has 0 radical (unpaired) electrons. The van der Waals surface area contributed by atoms with E-state index >= 15 is 0 Å². The van der Waals surface area contributed by atoms with Gasteiger partial charge in [-0.1, -0.05) is 61.6 Å². The van der Waals surface area contributed by atoms with Gasteiger partial charge in [-0.15, -0.1) is 0 Å². The monoisotopic (exact) mass is 243 g/mol. The van der Waals surface area contributed by atoms with Crippen molar-refractivity contribution in [1.29, 1.82) is 0 Å². The van der Waals surface area contributed by atoms with Gasteiger partial charge in [0.05, 0.1) is 0 Å². The number of hydrogen-bond acceptors (Lipinski definition) is 1. The van der Waals surface area contributed by atoms with E-state index in [4.69, 9.17) is 0 Å². The van der Waals surface area contributed by atoms with Gasteiger partial charge < -0.3 is 5.32 Å². The SMILES string of the molecule is C=CC(=C\C=C(C)C)/C(/C=C\C(=C)CC)=C/NC. The van der Waals surface area contributed by atoms with Crippen molar-refractivity contribution >= 4 is 0 Å². The van der Waals surface area contributed by atoms with Gasteiger partial charge in [-0.2, -0.15) is 0 Å². The topological polar surface area (TPSA) is 12.0 Å². The molecule has 0 saturated carbocycles. The Kier molecular flexibility index (Phi) is 8.38. The van der Waals surface area contributed by atoms with Crippen LogP contribution in [0.1, 0.15) is 27.2 Å². The molecule has 0 aromatic carbocycles. The predicted molar refractivity (Wildman–Crippen MR) is 83.4 cm³/mol. The van der Waals surface area contributed by atoms with Crippen LogP contribution in [0.25, 0.3) is 0 Å². The van der Waals surface area contributed by atoms with Gasteiger partial charge >= 0.3 is 0 Å². The van der Waals surface area contributed by atoms with Crippen LogP contribution in [0, 0.1) is 0 Å². The highest BCUT2D eigenvalue weighted by Gasteiger charge is 1.96. The van der Waals surface area contributed by atoms with Gasteiger partial charge in [0.15, 0.2) is 0 Å². The fraction of sp³-hybridized carbons (Fsp3) is 0.294. The molecule has 18 heavy (non-hydrogen) atoms. The highest BCUT2D eigenvalue weighted by Crippen LogP contribution is 2.14. The number of nitrogens with one attached hydrogen (secondary N) is 1. The van der Waals surface area contributed by atoms with Gasteiger partial charge in [0, 0.05) is 13.2 Å². The molecule has 0 saturated heterocycles. The first-order valence-corrected chi connectivity index (χ1v) is 6.26. The molecule has 0 amide bonds. The zero-order valence-corrected chi connectivity index (χ0v) is 12.1. The fourth-order valence-electron chi connectivity index (χ4n) is 1.25. The molecule has 0 aliphatic heterocycles. The molecule has 0 aliphatic carbocycles. The highest BCUT2D eigenvalue weighted by molar-refractivity contribution is 5.48. The molecule has 1 nitrogen and oxygen atoms in total. The van der Waals surface area contributed by atoms with Crippen LogP contribution in [0.15, 0.2) is 72.0 Å². The number of rotatable bonds is 7. The summed E-state index contributed by atoms with van der Waals surface area (Å²) in [5.41, 5.74) is 4.56. The Morgan fingerprint density at radius 1 is 1.11 bits per heavy atom. The summed E-state index contributed by atoms with van der Waals surface area (Å²) in [6, 6.07) is 0. The minimum atomic E-state index is 0.963. The summed E-state index contributed by atoms with van der Waals surface area (Å²) in [7, 11) is 1.89. The molecule has 98 valence electrons. The van der Waals surface area contributed by atoms with Crippen molar-refractivity contribution in [2.24, 2.45) is 0 Å². The Hall–Kier alpha value is -1.76. The second-order valence-corrected chi connectivity index (χ2v) is 4.30. The van der Waals surface area contributed by atoms with Crippen LogP contribution < -0.4 is 5.32 Å². The molecule has 0 unspecified atom stereocenters. The van der Waals surface area contributed by atoms with E-state index in [9.17, 15) is 0 Å². The summed E-state index contributed by atoms with van der Waals surface area (Å²) in [5, 5.41) is 3.06. The first-order chi connectivity index (χ1) is 8.54. The first-order valence-electron chi connectivity index (χ1n) is 6.26. The third kappa shape index (κ3) is 6.74. The normalized spacial score (nSPS) is 12.4. The third-order valence-corrected chi connectivity index (χ3v) is 2.40. The van der Waals surface area contributed by atoms with Crippen molar-refractivity contribution in [2.75, 3.05) is 7.05 Å². The Morgan fingerprint density at radius 3 is 2.22 bits per heavy atom. The molecule has 1 N–H and O–H groups in total. The molecule has 0 fully saturated rings. The summed E-state index contributed by atoms with van der Waals surface area (Å²) in [6.07, 6.45) is 13.1. The second kappa shape index (κ2) is 9.29. The summed E-state index contributed by atoms with van der Waals surface area (Å²) in [6.45, 7) is 14.1. The van der Waals surface area contributed by atoms with Crippen molar-refractivity contribution in [3.8, 4) is 0 Å². The summed E-state index contributed by atoms with van der Waals surface area (Å²) in [4.78, 5) is 0. The summed E-state index contributed by atoms with van der Waals surface area (Å²) < 4.78 is 0. The van der Waals surface area contributed by atoms with Crippen molar-refractivity contribution in [2.45, 2.75) is 27.2 Å². The van der Waals surface area contributed by atoms with E-state index in [0.29, 0.717) is 0 Å². The minimum absolute atomic E-state index is 0.963. The molecule has 0 bridgehead atoms. The van der Waals surface area contributed by atoms with E-state index in [1.807, 2.05) is 25.4 Å². The van der Waals surface area contributed by atoms with E-state index in [1.165, 1.54) is 5.57 Å². The summed E-state index contributed by atoms with van der Waals surface area (Å²) >= 11 is 0. The van der Waals surface area contributed by atoms with E-state index in [0.717, 1.165) is 23.1 Å². The van der Waals surface area contributed by atoms with Crippen LogP contribution in [0.2, 0.25) is 0 Å². The van der Waals surface area contributed by atoms with E-state index in [1.54, 1.807) is 0 Å². The van der Waals surface area contributed by atoms with Gasteiger partial charge in [0.25, 0.3) is 0 Å². The Bertz CT molecular complexity index is 399. The quantitative estimate of drug-likeness (QED) is 0.640. The molecule has 0 heterocycles. The lowest BCUT2D eigenvalue weighted by Crippen LogP contribution is -1.96. The average Bonchev–Trinajstić information content (AvgIpc) is 2.35. The van der Waals surface area contributed by atoms with E-state index in [2.05, 4.69) is 57.5 Å². The highest BCUT2D eigenvalue weighted by atomic mass is 14.8. The van der Waals surface area contributed by atoms with Crippen molar-refractivity contribution in [3.05, 3.63) is 72.0 Å². The van der Waals surface area contributed by atoms with Gasteiger partial charge in [0.2, 0.25) is 0 Å². The predicted octanol–water partition coefficient (Wildman–Crippen LogP) is 4.69. The molecule has 0 atom stereocenters. The smallest absolute Gasteiger partial charge is 0.00412 e. The van der Waals surface area contributed by atoms with E-state index < -0.39 is 0 Å². The molecule has 0 spiro atoms. The van der Waals surface area contributed by atoms with Gasteiger partial charge in [-0.3, -0.25) is 0 Å². The van der Waals surface area contributed by atoms with Gasteiger partial charge in [-0.05, 0) is 31.4 Å². The zero-order valence-electron chi connectivity index (χ0n) is 12.1. The second-order valence-electron chi connectivity index (χ2n) is 4.30. The van der Waals surface area contributed by atoms with Crippen LogP contribution in [0.4, 0.5) is 0 Å². The van der Waals surface area contributed by atoms with Crippen LogP contribution >= 0.6 is 0 Å². The molecule has 1 heteroatoms. The zero-order chi connectivity index (χ0) is 14.0. The van der Waals surface area contributed by atoms with E-state index in [-0.39, 0.29) is 0 Å². The standard InChI is InChI=1S/C17H25N/c1-7-15(5)10-12-17(13-18-6)16(8-2)11-9-14(3)4/h8-13,18H,2,5,7H2,1,3-4,6H3/b12-10-,16-11+,17-13+. The maximum Gasteiger partial charge on any atom is 0.00412 e. The lowest BCUT2D eigenvalue weighted by molar-refractivity contribution is 1.09. The van der Waals surface area contributed by atoms with Crippen LogP contribution in [0.3, 0.4) is 0 Å². The van der Waals surface area contributed by atoms with Crippen LogP contribution in [-0.2, 0) is 0 Å². The third-order valence-electron chi connectivity index (χ3n) is 2.40. The molecular weight excluding hydrogens is 218 g/mol. The lowest BCUT2D eigenvalue weighted by Gasteiger charge is -2.04. The number of hydrogen-bond donors (Lipinski definition) is 1. The first kappa shape index (κ1) is 16.2.